The molecule has 2 rings (SSSR count). The van der Waals surface area contributed by atoms with Crippen molar-refractivity contribution in [3.63, 3.8) is 0 Å². The molecule has 0 spiro atoms. The third kappa shape index (κ3) is 1.73. The van der Waals surface area contributed by atoms with Crippen molar-refractivity contribution < 1.29 is 4.74 Å². The molecule has 0 aromatic carbocycles. The van der Waals surface area contributed by atoms with Crippen LogP contribution >= 0.6 is 12.6 Å². The Labute approximate surface area is 73.9 Å². The van der Waals surface area contributed by atoms with Gasteiger partial charge in [-0.05, 0) is 25.7 Å². The number of ether oxygens (including phenoxy) is 1. The van der Waals surface area contributed by atoms with E-state index in [1.807, 2.05) is 0 Å². The van der Waals surface area contributed by atoms with E-state index in [1.165, 1.54) is 38.5 Å². The molecule has 11 heavy (non-hydrogen) atoms. The number of hydrogen-bond acceptors (Lipinski definition) is 2. The van der Waals surface area contributed by atoms with E-state index >= 15 is 0 Å². The van der Waals surface area contributed by atoms with E-state index in [9.17, 15) is 0 Å². The monoisotopic (exact) mass is 172 g/mol. The van der Waals surface area contributed by atoms with Crippen molar-refractivity contribution in [2.24, 2.45) is 0 Å². The quantitative estimate of drug-likeness (QED) is 0.552. The van der Waals surface area contributed by atoms with Crippen molar-refractivity contribution in [2.45, 2.75) is 56.0 Å². The summed E-state index contributed by atoms with van der Waals surface area (Å²) in [7, 11) is 0. The SMILES string of the molecule is SC1CCCCC2CCC1O2. The number of rotatable bonds is 0. The van der Waals surface area contributed by atoms with Crippen LogP contribution in [-0.2, 0) is 4.74 Å². The van der Waals surface area contributed by atoms with Crippen LogP contribution in [0.25, 0.3) is 0 Å². The second-order valence-corrected chi connectivity index (χ2v) is 4.39. The van der Waals surface area contributed by atoms with Crippen LogP contribution in [0.5, 0.6) is 0 Å². The molecule has 0 radical (unpaired) electrons. The standard InChI is InChI=1S/C9H16OS/c11-9-4-2-1-3-7-5-6-8(9)10-7/h7-9,11H,1-6H2. The van der Waals surface area contributed by atoms with Crippen molar-refractivity contribution in [1.29, 1.82) is 0 Å². The topological polar surface area (TPSA) is 9.23 Å². The molecule has 0 amide bonds. The van der Waals surface area contributed by atoms with Crippen LogP contribution in [-0.4, -0.2) is 17.5 Å². The van der Waals surface area contributed by atoms with Gasteiger partial charge < -0.3 is 4.74 Å². The first-order valence-corrected chi connectivity index (χ1v) is 5.21. The molecule has 64 valence electrons. The molecule has 0 saturated carbocycles. The predicted octanol–water partition coefficient (Wildman–Crippen LogP) is 2.41. The van der Waals surface area contributed by atoms with E-state index in [-0.39, 0.29) is 0 Å². The lowest BCUT2D eigenvalue weighted by atomic mass is 10.1. The Kier molecular flexibility index (Phi) is 2.42. The highest BCUT2D eigenvalue weighted by atomic mass is 32.1. The van der Waals surface area contributed by atoms with Crippen molar-refractivity contribution in [3.05, 3.63) is 0 Å². The summed E-state index contributed by atoms with van der Waals surface area (Å²) in [5.74, 6) is 0. The number of hydrogen-bond donors (Lipinski definition) is 1. The summed E-state index contributed by atoms with van der Waals surface area (Å²) in [5, 5.41) is 0.514. The van der Waals surface area contributed by atoms with E-state index in [0.717, 1.165) is 0 Å². The van der Waals surface area contributed by atoms with Gasteiger partial charge in [0.25, 0.3) is 0 Å². The molecule has 2 aliphatic rings. The molecule has 2 heterocycles. The first kappa shape index (κ1) is 7.93. The van der Waals surface area contributed by atoms with Crippen LogP contribution in [0.4, 0.5) is 0 Å². The molecule has 3 unspecified atom stereocenters. The van der Waals surface area contributed by atoms with Crippen molar-refractivity contribution >= 4 is 12.6 Å². The maximum atomic E-state index is 5.84. The Morgan fingerprint density at radius 3 is 2.73 bits per heavy atom. The van der Waals surface area contributed by atoms with Gasteiger partial charge in [0.05, 0.1) is 12.2 Å². The van der Waals surface area contributed by atoms with Gasteiger partial charge in [0.1, 0.15) is 0 Å². The largest absolute Gasteiger partial charge is 0.374 e. The third-order valence-electron chi connectivity index (χ3n) is 2.85. The lowest BCUT2D eigenvalue weighted by Gasteiger charge is -2.22. The average Bonchev–Trinajstić information content (AvgIpc) is 2.44. The van der Waals surface area contributed by atoms with Crippen LogP contribution in [0.1, 0.15) is 38.5 Å². The molecule has 2 heteroatoms. The van der Waals surface area contributed by atoms with Crippen LogP contribution < -0.4 is 0 Å². The first-order valence-electron chi connectivity index (χ1n) is 4.70. The molecule has 1 nitrogen and oxygen atoms in total. The molecular formula is C9H16OS. The Balaban J connectivity index is 1.98. The highest BCUT2D eigenvalue weighted by molar-refractivity contribution is 7.81. The summed E-state index contributed by atoms with van der Waals surface area (Å²) in [5.41, 5.74) is 0. The summed E-state index contributed by atoms with van der Waals surface area (Å²) in [4.78, 5) is 0. The molecule has 0 aromatic heterocycles. The zero-order valence-electron chi connectivity index (χ0n) is 6.83. The van der Waals surface area contributed by atoms with Gasteiger partial charge in [0, 0.05) is 5.25 Å². The predicted molar refractivity (Wildman–Crippen MR) is 49.1 cm³/mol. The number of thiol groups is 1. The molecule has 2 aliphatic heterocycles. The van der Waals surface area contributed by atoms with Crippen LogP contribution in [0, 0.1) is 0 Å². The van der Waals surface area contributed by atoms with Crippen LogP contribution in [0.3, 0.4) is 0 Å². The van der Waals surface area contributed by atoms with E-state index in [4.69, 9.17) is 4.74 Å². The number of fused-ring (bicyclic) bond motifs is 2. The van der Waals surface area contributed by atoms with E-state index in [2.05, 4.69) is 12.6 Å². The van der Waals surface area contributed by atoms with E-state index < -0.39 is 0 Å². The van der Waals surface area contributed by atoms with Gasteiger partial charge in [-0.1, -0.05) is 12.8 Å². The highest BCUT2D eigenvalue weighted by Gasteiger charge is 2.30. The maximum Gasteiger partial charge on any atom is 0.0695 e. The summed E-state index contributed by atoms with van der Waals surface area (Å²) in [6.45, 7) is 0. The summed E-state index contributed by atoms with van der Waals surface area (Å²) in [6.07, 6.45) is 8.82. The Bertz CT molecular complexity index is 138. The Hall–Kier alpha value is 0.310. The van der Waals surface area contributed by atoms with Gasteiger partial charge in [0.15, 0.2) is 0 Å². The normalized spacial score (nSPS) is 45.0. The zero-order chi connectivity index (χ0) is 7.68. The molecular weight excluding hydrogens is 156 g/mol. The van der Waals surface area contributed by atoms with Crippen molar-refractivity contribution in [3.8, 4) is 0 Å². The van der Waals surface area contributed by atoms with Crippen molar-refractivity contribution in [2.75, 3.05) is 0 Å². The minimum atomic E-state index is 0.476. The fourth-order valence-corrected chi connectivity index (χ4v) is 2.54. The molecule has 0 aromatic rings. The molecule has 0 aliphatic carbocycles. The smallest absolute Gasteiger partial charge is 0.0695 e. The molecule has 2 bridgehead atoms. The van der Waals surface area contributed by atoms with Gasteiger partial charge in [-0.15, -0.1) is 0 Å². The van der Waals surface area contributed by atoms with Crippen LogP contribution in [0.2, 0.25) is 0 Å². The van der Waals surface area contributed by atoms with Gasteiger partial charge in [-0.2, -0.15) is 12.6 Å². The second kappa shape index (κ2) is 3.36. The summed E-state index contributed by atoms with van der Waals surface area (Å²) < 4.78 is 5.84. The highest BCUT2D eigenvalue weighted by Crippen LogP contribution is 2.32. The lowest BCUT2D eigenvalue weighted by Crippen LogP contribution is -2.23. The fraction of sp³-hybridized carbons (Fsp3) is 1.00. The minimum absolute atomic E-state index is 0.476. The zero-order valence-corrected chi connectivity index (χ0v) is 7.72. The van der Waals surface area contributed by atoms with Gasteiger partial charge in [0.2, 0.25) is 0 Å². The summed E-state index contributed by atoms with van der Waals surface area (Å²) >= 11 is 4.55. The maximum absolute atomic E-state index is 5.84. The molecule has 3 atom stereocenters. The van der Waals surface area contributed by atoms with E-state index in [0.29, 0.717) is 17.5 Å². The Morgan fingerprint density at radius 1 is 1.00 bits per heavy atom. The van der Waals surface area contributed by atoms with Crippen molar-refractivity contribution in [1.82, 2.24) is 0 Å². The van der Waals surface area contributed by atoms with Gasteiger partial charge >= 0.3 is 0 Å². The van der Waals surface area contributed by atoms with Crippen LogP contribution in [0.15, 0.2) is 0 Å². The molecule has 0 N–H and O–H groups in total. The molecule has 2 fully saturated rings. The van der Waals surface area contributed by atoms with Gasteiger partial charge in [-0.25, -0.2) is 0 Å². The average molecular weight is 172 g/mol. The first-order chi connectivity index (χ1) is 5.36. The lowest BCUT2D eigenvalue weighted by molar-refractivity contribution is 0.0298. The minimum Gasteiger partial charge on any atom is -0.374 e. The van der Waals surface area contributed by atoms with Gasteiger partial charge in [-0.3, -0.25) is 0 Å². The second-order valence-electron chi connectivity index (χ2n) is 3.73. The Morgan fingerprint density at radius 2 is 1.82 bits per heavy atom. The summed E-state index contributed by atoms with van der Waals surface area (Å²) in [6, 6.07) is 0. The van der Waals surface area contributed by atoms with E-state index in [1.54, 1.807) is 0 Å². The fourth-order valence-electron chi connectivity index (χ4n) is 2.14. The third-order valence-corrected chi connectivity index (χ3v) is 3.44. The molecule has 2 saturated heterocycles.